The summed E-state index contributed by atoms with van der Waals surface area (Å²) in [5.74, 6) is 1.80. The minimum atomic E-state index is -4.43. The minimum absolute atomic E-state index is 0.283. The molecule has 9 nitrogen and oxygen atoms in total. The van der Waals surface area contributed by atoms with E-state index in [1.54, 1.807) is 37.7 Å². The van der Waals surface area contributed by atoms with E-state index in [9.17, 15) is 18.0 Å². The fourth-order valence-electron chi connectivity index (χ4n) is 4.17. The van der Waals surface area contributed by atoms with Crippen LogP contribution in [0.1, 0.15) is 47.7 Å². The van der Waals surface area contributed by atoms with Gasteiger partial charge in [0.25, 0.3) is 0 Å². The lowest BCUT2D eigenvalue weighted by Crippen LogP contribution is -2.16. The standard InChI is InChI=1S/C14H17N3O3.C13H12F3N3/c1-19-14-10(13(9-2-3-9)16-8-17-14)6-15-11-4-5-20-12(11)7-18;1-17-7-9-3-5-10(6-4-9)12-18-11(8-19(12)2)13(14,15)16/h7-9,15H,2-6H2,1H3;3-6,8H,1,7H2,2H3. The first kappa shape index (κ1) is 27.8. The zero-order valence-corrected chi connectivity index (χ0v) is 21.7. The summed E-state index contributed by atoms with van der Waals surface area (Å²) in [4.78, 5) is 26.8. The van der Waals surface area contributed by atoms with Gasteiger partial charge in [0, 0.05) is 37.7 Å². The number of imidazole rings is 1. The van der Waals surface area contributed by atoms with Gasteiger partial charge in [-0.25, -0.2) is 15.0 Å². The Bertz CT molecular complexity index is 1350. The lowest BCUT2D eigenvalue weighted by Gasteiger charge is -2.13. The highest BCUT2D eigenvalue weighted by Crippen LogP contribution is 2.42. The number of hydrogen-bond acceptors (Lipinski definition) is 8. The van der Waals surface area contributed by atoms with Crippen molar-refractivity contribution in [3.63, 3.8) is 0 Å². The van der Waals surface area contributed by atoms with Gasteiger partial charge in [-0.3, -0.25) is 9.79 Å². The molecule has 0 atom stereocenters. The van der Waals surface area contributed by atoms with Crippen LogP contribution in [0.5, 0.6) is 5.88 Å². The molecule has 1 aliphatic heterocycles. The van der Waals surface area contributed by atoms with E-state index in [4.69, 9.17) is 9.47 Å². The molecule has 1 N–H and O–H groups in total. The smallest absolute Gasteiger partial charge is 0.434 e. The van der Waals surface area contributed by atoms with Crippen LogP contribution in [0.4, 0.5) is 13.2 Å². The van der Waals surface area contributed by atoms with Crippen LogP contribution in [0, 0.1) is 0 Å². The first-order valence-electron chi connectivity index (χ1n) is 12.3. The molecule has 1 aromatic carbocycles. The van der Waals surface area contributed by atoms with Crippen LogP contribution >= 0.6 is 0 Å². The Morgan fingerprint density at radius 1 is 1.26 bits per heavy atom. The van der Waals surface area contributed by atoms with Crippen molar-refractivity contribution in [3.05, 3.63) is 70.8 Å². The van der Waals surface area contributed by atoms with Crippen molar-refractivity contribution in [1.29, 1.82) is 0 Å². The van der Waals surface area contributed by atoms with Gasteiger partial charge in [-0.05, 0) is 25.1 Å². The fourth-order valence-corrected chi connectivity index (χ4v) is 4.17. The number of ether oxygens (including phenoxy) is 2. The molecule has 12 heteroatoms. The molecule has 0 spiro atoms. The van der Waals surface area contributed by atoms with E-state index in [0.717, 1.165) is 41.4 Å². The summed E-state index contributed by atoms with van der Waals surface area (Å²) in [6.45, 7) is 4.97. The predicted octanol–water partition coefficient (Wildman–Crippen LogP) is 4.59. The number of methoxy groups -OCH3 is 1. The highest BCUT2D eigenvalue weighted by Gasteiger charge is 2.34. The third-order valence-electron chi connectivity index (χ3n) is 6.26. The number of nitrogens with zero attached hydrogens (tertiary/aromatic N) is 5. The van der Waals surface area contributed by atoms with Crippen LogP contribution in [0.25, 0.3) is 11.4 Å². The number of hydrogen-bond donors (Lipinski definition) is 1. The molecule has 1 aliphatic carbocycles. The molecule has 2 aliphatic rings. The van der Waals surface area contributed by atoms with E-state index in [1.807, 2.05) is 0 Å². The Morgan fingerprint density at radius 3 is 2.59 bits per heavy atom. The van der Waals surface area contributed by atoms with Crippen molar-refractivity contribution in [3.8, 4) is 17.3 Å². The minimum Gasteiger partial charge on any atom is -0.488 e. The van der Waals surface area contributed by atoms with Gasteiger partial charge in [-0.1, -0.05) is 24.3 Å². The van der Waals surface area contributed by atoms with E-state index < -0.39 is 11.9 Å². The van der Waals surface area contributed by atoms with Crippen molar-refractivity contribution < 1.29 is 27.4 Å². The number of aldehydes is 1. The topological polar surface area (TPSA) is 104 Å². The van der Waals surface area contributed by atoms with Crippen LogP contribution in [0.3, 0.4) is 0 Å². The van der Waals surface area contributed by atoms with Gasteiger partial charge in [0.1, 0.15) is 12.2 Å². The van der Waals surface area contributed by atoms with Crippen LogP contribution in [0.2, 0.25) is 0 Å². The van der Waals surface area contributed by atoms with Crippen LogP contribution < -0.4 is 10.1 Å². The molecule has 1 fully saturated rings. The summed E-state index contributed by atoms with van der Waals surface area (Å²) < 4.78 is 49.6. The molecule has 0 saturated heterocycles. The van der Waals surface area contributed by atoms with Crippen molar-refractivity contribution >= 4 is 13.0 Å². The molecule has 0 amide bonds. The van der Waals surface area contributed by atoms with E-state index in [1.165, 1.54) is 24.5 Å². The van der Waals surface area contributed by atoms with Crippen LogP contribution in [0.15, 0.2) is 53.2 Å². The average Bonchev–Trinajstić information content (AvgIpc) is 3.54. The molecule has 1 saturated carbocycles. The SMILES string of the molecule is C=NCc1ccc(-c2nc(C(F)(F)F)cn2C)cc1.COc1ncnc(C2CC2)c1CNC1=C(C=O)OCC1. The highest BCUT2D eigenvalue weighted by molar-refractivity contribution is 5.72. The monoisotopic (exact) mass is 542 g/mol. The first-order valence-corrected chi connectivity index (χ1v) is 12.3. The molecule has 39 heavy (non-hydrogen) atoms. The zero-order chi connectivity index (χ0) is 28.0. The van der Waals surface area contributed by atoms with Crippen LogP contribution in [-0.2, 0) is 35.8 Å². The van der Waals surface area contributed by atoms with E-state index in [2.05, 4.69) is 32.0 Å². The molecule has 206 valence electrons. The van der Waals surface area contributed by atoms with Crippen molar-refractivity contribution in [1.82, 2.24) is 24.8 Å². The normalized spacial score (nSPS) is 14.8. The number of halogens is 3. The molecular weight excluding hydrogens is 513 g/mol. The Balaban J connectivity index is 0.000000181. The molecule has 0 unspecified atom stereocenters. The second-order valence-corrected chi connectivity index (χ2v) is 9.07. The molecule has 0 radical (unpaired) electrons. The maximum Gasteiger partial charge on any atom is 0.434 e. The second-order valence-electron chi connectivity index (χ2n) is 9.07. The summed E-state index contributed by atoms with van der Waals surface area (Å²) in [7, 11) is 3.15. The Kier molecular flexibility index (Phi) is 8.62. The van der Waals surface area contributed by atoms with Crippen molar-refractivity contribution in [2.75, 3.05) is 13.7 Å². The fraction of sp³-hybridized carbons (Fsp3) is 0.370. The molecule has 5 rings (SSSR count). The third-order valence-corrected chi connectivity index (χ3v) is 6.26. The summed E-state index contributed by atoms with van der Waals surface area (Å²) in [6, 6.07) is 7.05. The number of benzene rings is 1. The first-order chi connectivity index (χ1) is 18.7. The van der Waals surface area contributed by atoms with Gasteiger partial charge in [0.2, 0.25) is 5.88 Å². The number of alkyl halides is 3. The number of rotatable bonds is 9. The summed E-state index contributed by atoms with van der Waals surface area (Å²) in [6.07, 6.45) is 1.90. The van der Waals surface area contributed by atoms with Crippen LogP contribution in [-0.4, -0.2) is 46.2 Å². The molecule has 0 bridgehead atoms. The summed E-state index contributed by atoms with van der Waals surface area (Å²) in [5.41, 5.74) is 3.56. The number of aromatic nitrogens is 4. The average molecular weight is 543 g/mol. The van der Waals surface area contributed by atoms with E-state index >= 15 is 0 Å². The van der Waals surface area contributed by atoms with Gasteiger partial charge in [0.05, 0.1) is 37.2 Å². The quantitative estimate of drug-likeness (QED) is 0.312. The highest BCUT2D eigenvalue weighted by atomic mass is 19.4. The molecular formula is C27H29F3N6O3. The van der Waals surface area contributed by atoms with Gasteiger partial charge in [-0.2, -0.15) is 13.2 Å². The summed E-state index contributed by atoms with van der Waals surface area (Å²) >= 11 is 0. The van der Waals surface area contributed by atoms with Crippen molar-refractivity contribution in [2.24, 2.45) is 12.0 Å². The Morgan fingerprint density at radius 2 is 2.00 bits per heavy atom. The van der Waals surface area contributed by atoms with Gasteiger partial charge >= 0.3 is 6.18 Å². The van der Waals surface area contributed by atoms with Gasteiger partial charge in [0.15, 0.2) is 17.7 Å². The molecule has 3 heterocycles. The lowest BCUT2D eigenvalue weighted by atomic mass is 10.1. The number of carbonyl (C=O) groups excluding carboxylic acids is 1. The number of nitrogens with one attached hydrogen (secondary N) is 1. The predicted molar refractivity (Wildman–Crippen MR) is 138 cm³/mol. The molecule has 3 aromatic rings. The Labute approximate surface area is 223 Å². The van der Waals surface area contributed by atoms with E-state index in [0.29, 0.717) is 42.8 Å². The number of carbonyl (C=O) groups is 1. The number of aliphatic imine (C=N–C) groups is 1. The maximum absolute atomic E-state index is 12.6. The number of aryl methyl sites for hydroxylation is 1. The Hall–Kier alpha value is -4.22. The van der Waals surface area contributed by atoms with Crippen molar-refractivity contribution in [2.45, 2.75) is 44.4 Å². The lowest BCUT2D eigenvalue weighted by molar-refractivity contribution is -0.140. The third kappa shape index (κ3) is 6.81. The molecule has 2 aromatic heterocycles. The van der Waals surface area contributed by atoms with Gasteiger partial charge in [-0.15, -0.1) is 0 Å². The zero-order valence-electron chi connectivity index (χ0n) is 21.7. The second kappa shape index (κ2) is 12.1. The number of allylic oxidation sites excluding steroid dienone is 1. The van der Waals surface area contributed by atoms with E-state index in [-0.39, 0.29) is 5.82 Å². The van der Waals surface area contributed by atoms with Gasteiger partial charge < -0.3 is 19.4 Å². The maximum atomic E-state index is 12.6. The largest absolute Gasteiger partial charge is 0.488 e. The summed E-state index contributed by atoms with van der Waals surface area (Å²) in [5, 5.41) is 3.26.